The second-order valence-corrected chi connectivity index (χ2v) is 11.5. The molecule has 0 unspecified atom stereocenters. The molecule has 33 heavy (non-hydrogen) atoms. The third-order valence-electron chi connectivity index (χ3n) is 6.83. The van der Waals surface area contributed by atoms with Gasteiger partial charge in [-0.05, 0) is 68.0 Å². The van der Waals surface area contributed by atoms with Gasteiger partial charge in [0.15, 0.2) is 0 Å². The Morgan fingerprint density at radius 1 is 1.03 bits per heavy atom. The molecule has 0 atom stereocenters. The molecule has 3 heterocycles. The summed E-state index contributed by atoms with van der Waals surface area (Å²) in [7, 11) is -3.64. The lowest BCUT2D eigenvalue weighted by Crippen LogP contribution is -2.49. The molecule has 7 nitrogen and oxygen atoms in total. The van der Waals surface area contributed by atoms with Crippen LogP contribution in [0.3, 0.4) is 0 Å². The van der Waals surface area contributed by atoms with Gasteiger partial charge in [0.05, 0.1) is 9.92 Å². The Bertz CT molecular complexity index is 1120. The Morgan fingerprint density at radius 2 is 1.70 bits per heavy atom. The van der Waals surface area contributed by atoms with Gasteiger partial charge in [-0.15, -0.1) is 0 Å². The SMILES string of the molecule is Cc1cc(C(=O)N2CCN(c3ccc(Cl)cn3)CC2)cc(S(=O)(=O)N2CCC(C)CC2)c1C. The Kier molecular flexibility index (Phi) is 6.98. The van der Waals surface area contributed by atoms with Crippen LogP contribution in [-0.4, -0.2) is 67.8 Å². The summed E-state index contributed by atoms with van der Waals surface area (Å²) in [5.74, 6) is 1.24. The zero-order chi connectivity index (χ0) is 23.8. The first kappa shape index (κ1) is 24.0. The van der Waals surface area contributed by atoms with Crippen LogP contribution in [-0.2, 0) is 10.0 Å². The summed E-state index contributed by atoms with van der Waals surface area (Å²) in [5, 5.41) is 0.590. The van der Waals surface area contributed by atoms with Crippen molar-refractivity contribution >= 4 is 33.3 Å². The van der Waals surface area contributed by atoms with E-state index in [1.54, 1.807) is 21.5 Å². The topological polar surface area (TPSA) is 73.8 Å². The van der Waals surface area contributed by atoms with Crippen molar-refractivity contribution in [2.24, 2.45) is 5.92 Å². The Hall–Kier alpha value is -2.16. The van der Waals surface area contributed by atoms with Crippen LogP contribution in [0.1, 0.15) is 41.3 Å². The molecule has 1 amide bonds. The van der Waals surface area contributed by atoms with Gasteiger partial charge in [-0.1, -0.05) is 18.5 Å². The molecule has 0 spiro atoms. The lowest BCUT2D eigenvalue weighted by Gasteiger charge is -2.35. The minimum absolute atomic E-state index is 0.134. The van der Waals surface area contributed by atoms with E-state index < -0.39 is 10.0 Å². The lowest BCUT2D eigenvalue weighted by molar-refractivity contribution is 0.0746. The van der Waals surface area contributed by atoms with Gasteiger partial charge in [0.25, 0.3) is 5.91 Å². The number of piperazine rings is 1. The molecule has 2 aromatic rings. The summed E-state index contributed by atoms with van der Waals surface area (Å²) in [6, 6.07) is 7.07. The molecule has 178 valence electrons. The number of rotatable bonds is 4. The molecule has 1 aromatic heterocycles. The highest BCUT2D eigenvalue weighted by molar-refractivity contribution is 7.89. The molecule has 0 bridgehead atoms. The number of nitrogens with zero attached hydrogens (tertiary/aromatic N) is 4. The number of carbonyl (C=O) groups is 1. The molecule has 0 N–H and O–H groups in total. The molecule has 2 aliphatic heterocycles. The van der Waals surface area contributed by atoms with Crippen LogP contribution in [0, 0.1) is 19.8 Å². The van der Waals surface area contributed by atoms with Crippen molar-refractivity contribution in [3.8, 4) is 0 Å². The van der Waals surface area contributed by atoms with Crippen LogP contribution in [0.2, 0.25) is 5.02 Å². The highest BCUT2D eigenvalue weighted by Gasteiger charge is 2.31. The average molecular weight is 491 g/mol. The van der Waals surface area contributed by atoms with Gasteiger partial charge < -0.3 is 9.80 Å². The van der Waals surface area contributed by atoms with E-state index in [0.29, 0.717) is 61.3 Å². The van der Waals surface area contributed by atoms with Crippen LogP contribution < -0.4 is 4.90 Å². The summed E-state index contributed by atoms with van der Waals surface area (Å²) in [6.07, 6.45) is 3.35. The maximum atomic E-state index is 13.4. The summed E-state index contributed by atoms with van der Waals surface area (Å²) in [6.45, 7) is 9.30. The van der Waals surface area contributed by atoms with Gasteiger partial charge >= 0.3 is 0 Å². The molecule has 2 saturated heterocycles. The minimum Gasteiger partial charge on any atom is -0.353 e. The van der Waals surface area contributed by atoms with Gasteiger partial charge in [0.2, 0.25) is 10.0 Å². The standard InChI is InChI=1S/C24H31ClN4O3S/c1-17-6-8-29(9-7-17)33(31,32)22-15-20(14-18(2)19(22)3)24(30)28-12-10-27(11-13-28)23-5-4-21(25)16-26-23/h4-5,14-17H,6-13H2,1-3H3. The van der Waals surface area contributed by atoms with E-state index in [4.69, 9.17) is 11.6 Å². The van der Waals surface area contributed by atoms with Gasteiger partial charge in [0, 0.05) is 51.0 Å². The average Bonchev–Trinajstić information content (AvgIpc) is 2.81. The molecule has 0 radical (unpaired) electrons. The van der Waals surface area contributed by atoms with Crippen LogP contribution in [0.5, 0.6) is 0 Å². The number of sulfonamides is 1. The quantitative estimate of drug-likeness (QED) is 0.652. The first-order chi connectivity index (χ1) is 15.7. The van der Waals surface area contributed by atoms with E-state index in [-0.39, 0.29) is 10.8 Å². The number of anilines is 1. The monoisotopic (exact) mass is 490 g/mol. The van der Waals surface area contributed by atoms with Crippen LogP contribution in [0.15, 0.2) is 35.4 Å². The highest BCUT2D eigenvalue weighted by Crippen LogP contribution is 2.28. The van der Waals surface area contributed by atoms with Crippen molar-refractivity contribution in [3.05, 3.63) is 52.2 Å². The molecule has 2 aliphatic rings. The number of hydrogen-bond acceptors (Lipinski definition) is 5. The predicted molar refractivity (Wildman–Crippen MR) is 130 cm³/mol. The third-order valence-corrected chi connectivity index (χ3v) is 9.08. The van der Waals surface area contributed by atoms with Crippen molar-refractivity contribution in [1.82, 2.24) is 14.2 Å². The minimum atomic E-state index is -3.64. The molecule has 2 fully saturated rings. The normalized spacial score (nSPS) is 18.5. The maximum Gasteiger partial charge on any atom is 0.254 e. The zero-order valence-corrected chi connectivity index (χ0v) is 21.0. The van der Waals surface area contributed by atoms with Gasteiger partial charge in [-0.25, -0.2) is 13.4 Å². The number of hydrogen-bond donors (Lipinski definition) is 0. The van der Waals surface area contributed by atoms with Gasteiger partial charge in [0.1, 0.15) is 5.82 Å². The number of carbonyl (C=O) groups excluding carboxylic acids is 1. The molecule has 4 rings (SSSR count). The van der Waals surface area contributed by atoms with Crippen LogP contribution in [0.4, 0.5) is 5.82 Å². The molecule has 0 saturated carbocycles. The predicted octanol–water partition coefficient (Wildman–Crippen LogP) is 3.73. The van der Waals surface area contributed by atoms with E-state index >= 15 is 0 Å². The lowest BCUT2D eigenvalue weighted by atomic mass is 10.0. The summed E-state index contributed by atoms with van der Waals surface area (Å²) in [5.41, 5.74) is 1.96. The van der Waals surface area contributed by atoms with Crippen molar-refractivity contribution in [2.45, 2.75) is 38.5 Å². The van der Waals surface area contributed by atoms with E-state index in [1.807, 2.05) is 32.0 Å². The molecule has 0 aliphatic carbocycles. The van der Waals surface area contributed by atoms with E-state index in [2.05, 4.69) is 16.8 Å². The number of amides is 1. The smallest absolute Gasteiger partial charge is 0.254 e. The fourth-order valence-corrected chi connectivity index (χ4v) is 6.36. The largest absolute Gasteiger partial charge is 0.353 e. The molecule has 1 aromatic carbocycles. The highest BCUT2D eigenvalue weighted by atomic mass is 35.5. The Balaban J connectivity index is 1.52. The second-order valence-electron chi connectivity index (χ2n) is 9.12. The summed E-state index contributed by atoms with van der Waals surface area (Å²) >= 11 is 5.93. The Labute approximate surface area is 201 Å². The van der Waals surface area contributed by atoms with Crippen molar-refractivity contribution in [3.63, 3.8) is 0 Å². The second kappa shape index (κ2) is 9.60. The number of pyridine rings is 1. The van der Waals surface area contributed by atoms with E-state index in [0.717, 1.165) is 24.2 Å². The van der Waals surface area contributed by atoms with Gasteiger partial charge in [-0.3, -0.25) is 4.79 Å². The van der Waals surface area contributed by atoms with Crippen molar-refractivity contribution in [2.75, 3.05) is 44.2 Å². The maximum absolute atomic E-state index is 13.4. The number of piperidine rings is 1. The summed E-state index contributed by atoms with van der Waals surface area (Å²) in [4.78, 5) is 21.8. The third kappa shape index (κ3) is 5.03. The molecular weight excluding hydrogens is 460 g/mol. The van der Waals surface area contributed by atoms with Crippen LogP contribution in [0.25, 0.3) is 0 Å². The first-order valence-corrected chi connectivity index (χ1v) is 13.3. The van der Waals surface area contributed by atoms with E-state index in [9.17, 15) is 13.2 Å². The van der Waals surface area contributed by atoms with Crippen molar-refractivity contribution in [1.29, 1.82) is 0 Å². The number of benzene rings is 1. The number of aromatic nitrogens is 1. The number of aryl methyl sites for hydroxylation is 1. The first-order valence-electron chi connectivity index (χ1n) is 11.4. The summed E-state index contributed by atoms with van der Waals surface area (Å²) < 4.78 is 28.4. The van der Waals surface area contributed by atoms with Crippen molar-refractivity contribution < 1.29 is 13.2 Å². The Morgan fingerprint density at radius 3 is 2.30 bits per heavy atom. The van der Waals surface area contributed by atoms with E-state index in [1.165, 1.54) is 0 Å². The van der Waals surface area contributed by atoms with Crippen LogP contribution >= 0.6 is 11.6 Å². The van der Waals surface area contributed by atoms with Gasteiger partial charge in [-0.2, -0.15) is 4.31 Å². The fourth-order valence-electron chi connectivity index (χ4n) is 4.46. The molecule has 9 heteroatoms. The number of halogens is 1. The zero-order valence-electron chi connectivity index (χ0n) is 19.4. The molecular formula is C24H31ClN4O3S. The fraction of sp³-hybridized carbons (Fsp3) is 0.500.